The number of hydrogen-bond acceptors (Lipinski definition) is 2. The van der Waals surface area contributed by atoms with E-state index in [-0.39, 0.29) is 5.91 Å². The van der Waals surface area contributed by atoms with Gasteiger partial charge in [-0.1, -0.05) is 26.7 Å². The average Bonchev–Trinajstić information content (AvgIpc) is 2.78. The predicted molar refractivity (Wildman–Crippen MR) is 62.1 cm³/mol. The topological polar surface area (TPSA) is 42.2 Å². The van der Waals surface area contributed by atoms with Crippen molar-refractivity contribution in [2.24, 2.45) is 11.8 Å². The second-order valence-corrected chi connectivity index (χ2v) is 4.82. The number of carbonyl (C=O) groups excluding carboxylic acids is 1. The van der Waals surface area contributed by atoms with E-state index in [1.54, 1.807) is 12.1 Å². The van der Waals surface area contributed by atoms with Crippen molar-refractivity contribution in [3.05, 3.63) is 24.2 Å². The van der Waals surface area contributed by atoms with Crippen molar-refractivity contribution in [3.63, 3.8) is 0 Å². The van der Waals surface area contributed by atoms with Gasteiger partial charge in [0.05, 0.1) is 6.26 Å². The molecule has 1 amide bonds. The molecule has 0 aliphatic heterocycles. The van der Waals surface area contributed by atoms with Crippen LogP contribution >= 0.6 is 0 Å². The maximum Gasteiger partial charge on any atom is 0.287 e. The minimum Gasteiger partial charge on any atom is -0.459 e. The highest BCUT2D eigenvalue weighted by Crippen LogP contribution is 2.29. The van der Waals surface area contributed by atoms with E-state index in [0.717, 1.165) is 6.42 Å². The molecule has 0 aromatic carbocycles. The van der Waals surface area contributed by atoms with E-state index < -0.39 is 0 Å². The van der Waals surface area contributed by atoms with Gasteiger partial charge in [-0.15, -0.1) is 0 Å². The monoisotopic (exact) mass is 221 g/mol. The SMILES string of the molecule is C[C@H]1[C@H](C)CCC[C@@H]1NC(=O)c1ccco1. The van der Waals surface area contributed by atoms with Gasteiger partial charge in [-0.05, 0) is 30.4 Å². The van der Waals surface area contributed by atoms with E-state index in [9.17, 15) is 4.79 Å². The maximum absolute atomic E-state index is 11.8. The largest absolute Gasteiger partial charge is 0.459 e. The van der Waals surface area contributed by atoms with Gasteiger partial charge in [-0.25, -0.2) is 0 Å². The minimum absolute atomic E-state index is 0.0871. The highest BCUT2D eigenvalue weighted by atomic mass is 16.3. The zero-order valence-corrected chi connectivity index (χ0v) is 9.90. The van der Waals surface area contributed by atoms with Crippen LogP contribution in [-0.2, 0) is 0 Å². The molecular weight excluding hydrogens is 202 g/mol. The molecule has 3 nitrogen and oxygen atoms in total. The second kappa shape index (κ2) is 4.73. The van der Waals surface area contributed by atoms with Crippen molar-refractivity contribution >= 4 is 5.91 Å². The summed E-state index contributed by atoms with van der Waals surface area (Å²) in [5, 5.41) is 3.07. The molecule has 1 heterocycles. The number of nitrogens with one attached hydrogen (secondary N) is 1. The molecule has 1 N–H and O–H groups in total. The maximum atomic E-state index is 11.8. The fraction of sp³-hybridized carbons (Fsp3) is 0.615. The van der Waals surface area contributed by atoms with Crippen LogP contribution in [-0.4, -0.2) is 11.9 Å². The van der Waals surface area contributed by atoms with Crippen LogP contribution in [0.3, 0.4) is 0 Å². The average molecular weight is 221 g/mol. The molecule has 0 unspecified atom stereocenters. The highest BCUT2D eigenvalue weighted by molar-refractivity contribution is 5.91. The van der Waals surface area contributed by atoms with Gasteiger partial charge in [-0.3, -0.25) is 4.79 Å². The highest BCUT2D eigenvalue weighted by Gasteiger charge is 2.28. The number of rotatable bonds is 2. The molecule has 1 aromatic rings. The fourth-order valence-electron chi connectivity index (χ4n) is 2.43. The van der Waals surface area contributed by atoms with Crippen LogP contribution in [0.4, 0.5) is 0 Å². The molecular formula is C13H19NO2. The van der Waals surface area contributed by atoms with Crippen molar-refractivity contribution in [3.8, 4) is 0 Å². The Morgan fingerprint density at radius 2 is 2.25 bits per heavy atom. The van der Waals surface area contributed by atoms with Gasteiger partial charge in [0.2, 0.25) is 0 Å². The van der Waals surface area contributed by atoms with Crippen LogP contribution in [0.15, 0.2) is 22.8 Å². The lowest BCUT2D eigenvalue weighted by atomic mass is 9.78. The third kappa shape index (κ3) is 2.29. The van der Waals surface area contributed by atoms with Gasteiger partial charge in [0.1, 0.15) is 0 Å². The quantitative estimate of drug-likeness (QED) is 0.834. The molecule has 1 aliphatic rings. The van der Waals surface area contributed by atoms with Crippen LogP contribution < -0.4 is 5.32 Å². The van der Waals surface area contributed by atoms with E-state index in [2.05, 4.69) is 19.2 Å². The van der Waals surface area contributed by atoms with Gasteiger partial charge in [-0.2, -0.15) is 0 Å². The first-order valence-corrected chi connectivity index (χ1v) is 6.03. The van der Waals surface area contributed by atoms with Crippen molar-refractivity contribution < 1.29 is 9.21 Å². The molecule has 0 saturated heterocycles. The number of furan rings is 1. The van der Waals surface area contributed by atoms with E-state index in [0.29, 0.717) is 23.6 Å². The van der Waals surface area contributed by atoms with Crippen molar-refractivity contribution in [2.75, 3.05) is 0 Å². The first-order chi connectivity index (χ1) is 7.68. The molecule has 1 aliphatic carbocycles. The Balaban J connectivity index is 1.96. The summed E-state index contributed by atoms with van der Waals surface area (Å²) < 4.78 is 5.09. The van der Waals surface area contributed by atoms with Crippen LogP contribution in [0.5, 0.6) is 0 Å². The van der Waals surface area contributed by atoms with Gasteiger partial charge >= 0.3 is 0 Å². The molecule has 0 spiro atoms. The first kappa shape index (κ1) is 11.2. The molecule has 2 rings (SSSR count). The molecule has 0 bridgehead atoms. The van der Waals surface area contributed by atoms with E-state index in [1.807, 2.05) is 0 Å². The Bertz CT molecular complexity index is 345. The molecule has 3 atom stereocenters. The summed E-state index contributed by atoms with van der Waals surface area (Å²) in [6.45, 7) is 4.48. The molecule has 3 heteroatoms. The van der Waals surface area contributed by atoms with Crippen molar-refractivity contribution in [2.45, 2.75) is 39.2 Å². The van der Waals surface area contributed by atoms with Gasteiger partial charge in [0.25, 0.3) is 5.91 Å². The third-order valence-electron chi connectivity index (χ3n) is 3.77. The van der Waals surface area contributed by atoms with Gasteiger partial charge in [0, 0.05) is 6.04 Å². The Labute approximate surface area is 96.2 Å². The Morgan fingerprint density at radius 1 is 1.44 bits per heavy atom. The fourth-order valence-corrected chi connectivity index (χ4v) is 2.43. The summed E-state index contributed by atoms with van der Waals surface area (Å²) in [5.41, 5.74) is 0. The number of carbonyl (C=O) groups is 1. The van der Waals surface area contributed by atoms with Crippen LogP contribution in [0.1, 0.15) is 43.7 Å². The Hall–Kier alpha value is -1.25. The standard InChI is InChI=1S/C13H19NO2/c1-9-5-3-6-11(10(9)2)14-13(15)12-7-4-8-16-12/h4,7-11H,3,5-6H2,1-2H3,(H,14,15)/t9-,10+,11+/m1/s1. The summed E-state index contributed by atoms with van der Waals surface area (Å²) >= 11 is 0. The minimum atomic E-state index is -0.0871. The summed E-state index contributed by atoms with van der Waals surface area (Å²) in [6, 6.07) is 3.73. The number of amides is 1. The summed E-state index contributed by atoms with van der Waals surface area (Å²) in [5.74, 6) is 1.56. The summed E-state index contributed by atoms with van der Waals surface area (Å²) in [4.78, 5) is 11.8. The Morgan fingerprint density at radius 3 is 2.94 bits per heavy atom. The second-order valence-electron chi connectivity index (χ2n) is 4.82. The zero-order chi connectivity index (χ0) is 11.5. The van der Waals surface area contributed by atoms with Crippen LogP contribution in [0.25, 0.3) is 0 Å². The molecule has 0 radical (unpaired) electrons. The molecule has 88 valence electrons. The first-order valence-electron chi connectivity index (χ1n) is 6.03. The normalized spacial score (nSPS) is 30.0. The summed E-state index contributed by atoms with van der Waals surface area (Å²) in [7, 11) is 0. The van der Waals surface area contributed by atoms with E-state index in [1.165, 1.54) is 19.1 Å². The lowest BCUT2D eigenvalue weighted by molar-refractivity contribution is 0.0863. The smallest absolute Gasteiger partial charge is 0.287 e. The van der Waals surface area contributed by atoms with Crippen LogP contribution in [0, 0.1) is 11.8 Å². The van der Waals surface area contributed by atoms with E-state index in [4.69, 9.17) is 4.42 Å². The van der Waals surface area contributed by atoms with Crippen molar-refractivity contribution in [1.29, 1.82) is 0 Å². The van der Waals surface area contributed by atoms with Crippen LogP contribution in [0.2, 0.25) is 0 Å². The Kier molecular flexibility index (Phi) is 3.32. The zero-order valence-electron chi connectivity index (χ0n) is 9.90. The lowest BCUT2D eigenvalue weighted by Gasteiger charge is -2.34. The van der Waals surface area contributed by atoms with Gasteiger partial charge in [0.15, 0.2) is 5.76 Å². The molecule has 1 fully saturated rings. The third-order valence-corrected chi connectivity index (χ3v) is 3.77. The molecule has 16 heavy (non-hydrogen) atoms. The van der Waals surface area contributed by atoms with E-state index >= 15 is 0 Å². The predicted octanol–water partition coefficient (Wildman–Crippen LogP) is 2.83. The van der Waals surface area contributed by atoms with Crippen molar-refractivity contribution in [1.82, 2.24) is 5.32 Å². The molecule has 1 aromatic heterocycles. The lowest BCUT2D eigenvalue weighted by Crippen LogP contribution is -2.43. The van der Waals surface area contributed by atoms with Gasteiger partial charge < -0.3 is 9.73 Å². The summed E-state index contributed by atoms with van der Waals surface area (Å²) in [6.07, 6.45) is 5.09. The molecule has 1 saturated carbocycles. The number of hydrogen-bond donors (Lipinski definition) is 1.